The average molecular weight is 555 g/mol. The van der Waals surface area contributed by atoms with Gasteiger partial charge in [0.15, 0.2) is 5.96 Å². The number of halogens is 1. The van der Waals surface area contributed by atoms with Gasteiger partial charge in [-0.25, -0.2) is 19.0 Å². The minimum atomic E-state index is -1.24. The van der Waals surface area contributed by atoms with Crippen LogP contribution in [0.3, 0.4) is 0 Å². The number of piperazine rings is 1. The number of carbonyl (C=O) groups excluding carboxylic acids is 2. The summed E-state index contributed by atoms with van der Waals surface area (Å²) in [5.74, 6) is -0.857. The normalized spacial score (nSPS) is 19.6. The molecule has 12 heteroatoms. The quantitative estimate of drug-likeness (QED) is 0.372. The zero-order valence-corrected chi connectivity index (χ0v) is 22.4. The predicted octanol–water partition coefficient (Wildman–Crippen LogP) is 2.59. The fraction of sp³-hybridized carbons (Fsp3) is 0.429. The first-order chi connectivity index (χ1) is 19.3. The van der Waals surface area contributed by atoms with Crippen LogP contribution in [0.2, 0.25) is 0 Å². The lowest BCUT2D eigenvalue weighted by atomic mass is 10.1. The molecule has 0 saturated carbocycles. The minimum Gasteiger partial charge on any atom is -0.480 e. The second-order valence-corrected chi connectivity index (χ2v) is 9.86. The zero-order valence-electron chi connectivity index (χ0n) is 22.4. The number of amides is 2. The van der Waals surface area contributed by atoms with E-state index in [4.69, 9.17) is 4.74 Å². The number of benzene rings is 2. The summed E-state index contributed by atoms with van der Waals surface area (Å²) in [6.07, 6.45) is -1.89. The smallest absolute Gasteiger partial charge is 0.408 e. The van der Waals surface area contributed by atoms with Gasteiger partial charge < -0.3 is 35.6 Å². The van der Waals surface area contributed by atoms with Crippen LogP contribution in [0.4, 0.5) is 20.6 Å². The number of anilines is 2. The maximum atomic E-state index is 13.3. The highest BCUT2D eigenvalue weighted by Crippen LogP contribution is 2.23. The summed E-state index contributed by atoms with van der Waals surface area (Å²) in [4.78, 5) is 44.9. The summed E-state index contributed by atoms with van der Waals surface area (Å²) in [6, 6.07) is 15.5. The van der Waals surface area contributed by atoms with Gasteiger partial charge in [0.05, 0.1) is 13.1 Å². The second-order valence-electron chi connectivity index (χ2n) is 9.86. The van der Waals surface area contributed by atoms with Crippen molar-refractivity contribution in [2.75, 3.05) is 42.9 Å². The third-order valence-corrected chi connectivity index (χ3v) is 6.81. The third-order valence-electron chi connectivity index (χ3n) is 6.81. The van der Waals surface area contributed by atoms with Crippen LogP contribution in [0.1, 0.15) is 25.3 Å². The summed E-state index contributed by atoms with van der Waals surface area (Å²) in [5.41, 5.74) is 2.58. The maximum absolute atomic E-state index is 13.3. The molecule has 2 aromatic rings. The molecule has 1 saturated heterocycles. The van der Waals surface area contributed by atoms with Gasteiger partial charge in [0, 0.05) is 43.5 Å². The lowest BCUT2D eigenvalue weighted by Crippen LogP contribution is -2.54. The molecule has 2 aliphatic rings. The highest BCUT2D eigenvalue weighted by atomic mass is 19.1. The summed E-state index contributed by atoms with van der Waals surface area (Å²) in [7, 11) is 0. The molecule has 3 atom stereocenters. The number of nitrogens with zero attached hydrogens (tertiary/aromatic N) is 3. The molecule has 2 aliphatic heterocycles. The van der Waals surface area contributed by atoms with Gasteiger partial charge >= 0.3 is 12.1 Å². The lowest BCUT2D eigenvalue weighted by molar-refractivity contribution is -0.140. The van der Waals surface area contributed by atoms with Crippen molar-refractivity contribution in [1.82, 2.24) is 15.5 Å². The number of ether oxygens (including phenoxy) is 1. The number of carbonyl (C=O) groups is 3. The number of alkyl halides is 1. The first-order valence-electron chi connectivity index (χ1n) is 13.3. The van der Waals surface area contributed by atoms with Crippen LogP contribution in [-0.2, 0) is 20.9 Å². The van der Waals surface area contributed by atoms with Crippen molar-refractivity contribution in [1.29, 1.82) is 0 Å². The Morgan fingerprint density at radius 3 is 2.67 bits per heavy atom. The Balaban J connectivity index is 1.25. The average Bonchev–Trinajstić information content (AvgIpc) is 2.95. The van der Waals surface area contributed by atoms with E-state index < -0.39 is 24.3 Å². The fourth-order valence-electron chi connectivity index (χ4n) is 4.66. The number of nitrogens with one attached hydrogen (secondary N) is 3. The summed E-state index contributed by atoms with van der Waals surface area (Å²) in [6.45, 7) is 4.01. The summed E-state index contributed by atoms with van der Waals surface area (Å²) >= 11 is 0. The summed E-state index contributed by atoms with van der Waals surface area (Å²) in [5, 5.41) is 18.0. The third kappa shape index (κ3) is 8.08. The minimum absolute atomic E-state index is 0.0178. The maximum Gasteiger partial charge on any atom is 0.408 e. The van der Waals surface area contributed by atoms with Gasteiger partial charge in [-0.2, -0.15) is 0 Å². The van der Waals surface area contributed by atoms with Crippen molar-refractivity contribution in [2.45, 2.75) is 44.6 Å². The van der Waals surface area contributed by atoms with Crippen LogP contribution in [0, 0.1) is 0 Å². The molecule has 0 unspecified atom stereocenters. The van der Waals surface area contributed by atoms with E-state index in [1.807, 2.05) is 49.4 Å². The van der Waals surface area contributed by atoms with E-state index in [0.717, 1.165) is 16.9 Å². The first-order valence-corrected chi connectivity index (χ1v) is 13.3. The molecule has 0 bridgehead atoms. The fourth-order valence-corrected chi connectivity index (χ4v) is 4.66. The molecule has 0 aliphatic carbocycles. The Morgan fingerprint density at radius 1 is 1.18 bits per heavy atom. The zero-order chi connectivity index (χ0) is 28.5. The number of guanidine groups is 1. The van der Waals surface area contributed by atoms with Crippen molar-refractivity contribution >= 4 is 35.3 Å². The van der Waals surface area contributed by atoms with Crippen molar-refractivity contribution in [3.63, 3.8) is 0 Å². The van der Waals surface area contributed by atoms with Gasteiger partial charge in [-0.15, -0.1) is 0 Å². The predicted molar refractivity (Wildman–Crippen MR) is 149 cm³/mol. The van der Waals surface area contributed by atoms with E-state index in [9.17, 15) is 23.9 Å². The largest absolute Gasteiger partial charge is 0.480 e. The molecule has 0 radical (unpaired) electrons. The molecule has 0 aromatic heterocycles. The molecular formula is C28H35FN6O5. The Hall–Kier alpha value is -4.35. The second kappa shape index (κ2) is 13.6. The van der Waals surface area contributed by atoms with E-state index in [0.29, 0.717) is 25.6 Å². The summed E-state index contributed by atoms with van der Waals surface area (Å²) < 4.78 is 18.4. The molecule has 4 rings (SSSR count). The number of aliphatic imine (C=N–C) groups is 1. The molecule has 2 heterocycles. The van der Waals surface area contributed by atoms with Crippen molar-refractivity contribution < 1.29 is 28.6 Å². The molecular weight excluding hydrogens is 519 g/mol. The van der Waals surface area contributed by atoms with Gasteiger partial charge in [-0.3, -0.25) is 4.79 Å². The van der Waals surface area contributed by atoms with Crippen LogP contribution in [0.25, 0.3) is 0 Å². The number of hydrogen-bond acceptors (Lipinski definition) is 8. The van der Waals surface area contributed by atoms with E-state index in [2.05, 4.69) is 25.8 Å². The van der Waals surface area contributed by atoms with E-state index in [1.165, 1.54) is 0 Å². The van der Waals surface area contributed by atoms with Crippen molar-refractivity contribution in [2.24, 2.45) is 4.99 Å². The van der Waals surface area contributed by atoms with Gasteiger partial charge in [-0.1, -0.05) is 36.4 Å². The number of aliphatic carboxylic acids is 1. The highest BCUT2D eigenvalue weighted by molar-refractivity contribution is 5.94. The highest BCUT2D eigenvalue weighted by Gasteiger charge is 2.29. The lowest BCUT2D eigenvalue weighted by Gasteiger charge is -2.41. The Morgan fingerprint density at radius 2 is 1.98 bits per heavy atom. The van der Waals surface area contributed by atoms with Gasteiger partial charge in [0.2, 0.25) is 5.91 Å². The number of carboxylic acid groups (broad SMARTS) is 1. The number of hydrogen-bond donors (Lipinski definition) is 4. The molecule has 40 heavy (non-hydrogen) atoms. The molecule has 2 amide bonds. The standard InChI is InChI=1S/C28H35FN6O5/c1-19-17-34(23-9-5-8-22(14-23)32-27-30-15-21(29)16-31-27)12-13-35(19)25(36)11-10-24(26(37)38)33-28(39)40-18-20-6-3-2-4-7-20/h2-9,14,19,21,24H,10-13,15-18H2,1H3,(H,33,39)(H,37,38)(H2,30,31,32)/t19-,24-/m0/s1. The van der Waals surface area contributed by atoms with Crippen molar-refractivity contribution in [3.05, 3.63) is 60.2 Å². The topological polar surface area (TPSA) is 136 Å². The van der Waals surface area contributed by atoms with Gasteiger partial charge in [0.25, 0.3) is 0 Å². The Bertz CT molecular complexity index is 1210. The Labute approximate surface area is 232 Å². The van der Waals surface area contributed by atoms with Crippen LogP contribution < -0.4 is 20.9 Å². The van der Waals surface area contributed by atoms with Crippen LogP contribution in [-0.4, -0.2) is 84.9 Å². The van der Waals surface area contributed by atoms with Crippen LogP contribution in [0.15, 0.2) is 59.6 Å². The molecule has 4 N–H and O–H groups in total. The van der Waals surface area contributed by atoms with Crippen LogP contribution >= 0.6 is 0 Å². The number of rotatable bonds is 9. The molecule has 0 spiro atoms. The van der Waals surface area contributed by atoms with E-state index in [-0.39, 0.29) is 44.5 Å². The molecule has 214 valence electrons. The number of carboxylic acids is 1. The SMILES string of the molecule is C[C@H]1CN(c2cccc(NC3=NC[C@@H](F)CN3)c2)CCN1C(=O)CC[C@H](NC(=O)OCc1ccccc1)C(=O)O. The van der Waals surface area contributed by atoms with Gasteiger partial charge in [0.1, 0.15) is 18.8 Å². The first kappa shape index (κ1) is 28.7. The molecule has 11 nitrogen and oxygen atoms in total. The van der Waals surface area contributed by atoms with E-state index in [1.54, 1.807) is 17.0 Å². The Kier molecular flexibility index (Phi) is 9.76. The van der Waals surface area contributed by atoms with Gasteiger partial charge in [-0.05, 0) is 37.1 Å². The molecule has 2 aromatic carbocycles. The number of alkyl carbamates (subject to hydrolysis) is 1. The van der Waals surface area contributed by atoms with Crippen molar-refractivity contribution in [3.8, 4) is 0 Å². The molecule has 1 fully saturated rings. The monoisotopic (exact) mass is 554 g/mol. The van der Waals surface area contributed by atoms with Crippen LogP contribution in [0.5, 0.6) is 0 Å². The van der Waals surface area contributed by atoms with E-state index >= 15 is 0 Å².